The van der Waals surface area contributed by atoms with Crippen LogP contribution in [-0.2, 0) is 0 Å². The average Bonchev–Trinajstić information content (AvgIpc) is 3.68. The normalized spacial score (nSPS) is 12.6. The lowest BCUT2D eigenvalue weighted by molar-refractivity contribution is 0.0988. The number of allylic oxidation sites excluding steroid dienone is 1. The molecule has 0 fully saturated rings. The molecule has 3 nitrogen and oxygen atoms in total. The van der Waals surface area contributed by atoms with E-state index in [1.807, 2.05) is 36.4 Å². The summed E-state index contributed by atoms with van der Waals surface area (Å²) in [5, 5.41) is 4.31. The van der Waals surface area contributed by atoms with Crippen LogP contribution in [0.2, 0.25) is 0 Å². The number of rotatable bonds is 5. The van der Waals surface area contributed by atoms with Crippen molar-refractivity contribution in [2.75, 3.05) is 4.90 Å². The summed E-state index contributed by atoms with van der Waals surface area (Å²) in [6.07, 6.45) is 1.20. The van der Waals surface area contributed by atoms with E-state index in [0.717, 1.165) is 60.2 Å². The highest BCUT2D eigenvalue weighted by atomic mass is 32.1. The molecule has 8 heteroatoms. The van der Waals surface area contributed by atoms with E-state index in [0.29, 0.717) is 4.88 Å². The van der Waals surface area contributed by atoms with E-state index < -0.39 is 51.5 Å². The molecule has 0 radical (unpaired) electrons. The van der Waals surface area contributed by atoms with Gasteiger partial charge in [0.05, 0.1) is 16.7 Å². The third-order valence-corrected chi connectivity index (χ3v) is 10.0. The molecule has 0 unspecified atom stereocenters. The minimum Gasteiger partial charge on any atom is -0.310 e. The van der Waals surface area contributed by atoms with Gasteiger partial charge >= 0.3 is 0 Å². The average molecular weight is 684 g/mol. The van der Waals surface area contributed by atoms with Gasteiger partial charge in [-0.3, -0.25) is 9.59 Å². The molecule has 0 amide bonds. The maximum absolute atomic E-state index is 14.4. The number of thiophene rings is 1. The number of nitrogens with zero attached hydrogens (tertiary/aromatic N) is 1. The first-order valence-corrected chi connectivity index (χ1v) is 16.6. The molecular weight excluding hydrogens is 659 g/mol. The molecule has 0 bridgehead atoms. The second kappa shape index (κ2) is 11.9. The van der Waals surface area contributed by atoms with E-state index in [2.05, 4.69) is 85.5 Å². The molecular formula is C42H25F4NO2S. The summed E-state index contributed by atoms with van der Waals surface area (Å²) in [7, 11) is 0. The summed E-state index contributed by atoms with van der Waals surface area (Å²) in [4.78, 5) is 29.2. The quantitative estimate of drug-likeness (QED) is 0.0596. The molecule has 50 heavy (non-hydrogen) atoms. The Hall–Kier alpha value is -5.86. The molecule has 0 aliphatic heterocycles. The van der Waals surface area contributed by atoms with Crippen molar-refractivity contribution in [3.05, 3.63) is 165 Å². The Morgan fingerprint density at radius 3 is 1.72 bits per heavy atom. The lowest BCUT2D eigenvalue weighted by Gasteiger charge is -2.27. The Morgan fingerprint density at radius 1 is 0.540 bits per heavy atom. The molecule has 6 aromatic carbocycles. The largest absolute Gasteiger partial charge is 0.310 e. The van der Waals surface area contributed by atoms with Crippen LogP contribution < -0.4 is 4.90 Å². The molecule has 0 atom stereocenters. The summed E-state index contributed by atoms with van der Waals surface area (Å²) in [5.74, 6) is -10.4. The molecule has 244 valence electrons. The molecule has 0 saturated carbocycles. The van der Waals surface area contributed by atoms with Gasteiger partial charge in [-0.2, -0.15) is 0 Å². The first-order valence-electron chi connectivity index (χ1n) is 15.8. The first-order chi connectivity index (χ1) is 24.1. The number of carbonyl (C=O) groups is 2. The van der Waals surface area contributed by atoms with Gasteiger partial charge in [-0.05, 0) is 113 Å². The van der Waals surface area contributed by atoms with Crippen LogP contribution in [-0.4, -0.2) is 11.6 Å². The Kier molecular flexibility index (Phi) is 7.49. The van der Waals surface area contributed by atoms with Crippen molar-refractivity contribution in [1.29, 1.82) is 0 Å². The number of aryl methyl sites for hydroxylation is 2. The zero-order valence-electron chi connectivity index (χ0n) is 26.7. The number of anilines is 3. The fraction of sp³-hybridized carbons (Fsp3) is 0.0476. The zero-order chi connectivity index (χ0) is 34.8. The predicted molar refractivity (Wildman–Crippen MR) is 192 cm³/mol. The highest BCUT2D eigenvalue weighted by Crippen LogP contribution is 2.40. The lowest BCUT2D eigenvalue weighted by atomic mass is 10.0. The molecule has 1 aliphatic rings. The molecule has 1 aliphatic carbocycles. The van der Waals surface area contributed by atoms with Gasteiger partial charge in [-0.15, -0.1) is 11.3 Å². The number of hydrogen-bond donors (Lipinski definition) is 0. The smallest absolute Gasteiger partial charge is 0.200 e. The van der Waals surface area contributed by atoms with E-state index in [9.17, 15) is 27.2 Å². The van der Waals surface area contributed by atoms with Crippen molar-refractivity contribution >= 4 is 67.6 Å². The summed E-state index contributed by atoms with van der Waals surface area (Å²) in [5.41, 5.74) is 3.57. The molecule has 8 rings (SSSR count). The molecule has 1 heterocycles. The number of ketones is 2. The molecule has 7 aromatic rings. The van der Waals surface area contributed by atoms with Gasteiger partial charge in [0.15, 0.2) is 23.3 Å². The van der Waals surface area contributed by atoms with Crippen molar-refractivity contribution in [2.45, 2.75) is 13.8 Å². The third-order valence-electron chi connectivity index (χ3n) is 8.95. The van der Waals surface area contributed by atoms with Crippen LogP contribution in [0.3, 0.4) is 0 Å². The van der Waals surface area contributed by atoms with Crippen LogP contribution in [0.4, 0.5) is 34.6 Å². The first kappa shape index (κ1) is 31.4. The summed E-state index contributed by atoms with van der Waals surface area (Å²) >= 11 is 1.26. The molecule has 0 N–H and O–H groups in total. The Bertz CT molecular complexity index is 2550. The van der Waals surface area contributed by atoms with Crippen LogP contribution in [0.15, 0.2) is 115 Å². The van der Waals surface area contributed by atoms with Gasteiger partial charge in [0, 0.05) is 26.8 Å². The van der Waals surface area contributed by atoms with Crippen molar-refractivity contribution in [3.8, 4) is 10.4 Å². The number of halogens is 4. The van der Waals surface area contributed by atoms with Crippen molar-refractivity contribution in [2.24, 2.45) is 0 Å². The second-order valence-corrected chi connectivity index (χ2v) is 13.5. The van der Waals surface area contributed by atoms with E-state index >= 15 is 0 Å². The van der Waals surface area contributed by atoms with Crippen LogP contribution in [0.25, 0.3) is 38.1 Å². The topological polar surface area (TPSA) is 37.4 Å². The second-order valence-electron chi connectivity index (χ2n) is 12.4. The van der Waals surface area contributed by atoms with Crippen LogP contribution in [0, 0.1) is 37.1 Å². The van der Waals surface area contributed by atoms with Crippen molar-refractivity contribution < 1.29 is 27.2 Å². The monoisotopic (exact) mass is 683 g/mol. The number of carbonyl (C=O) groups excluding carboxylic acids is 2. The molecule has 0 saturated heterocycles. The van der Waals surface area contributed by atoms with Crippen LogP contribution in [0.5, 0.6) is 0 Å². The summed E-state index contributed by atoms with van der Waals surface area (Å²) < 4.78 is 56.4. The van der Waals surface area contributed by atoms with Gasteiger partial charge in [0.25, 0.3) is 0 Å². The van der Waals surface area contributed by atoms with Gasteiger partial charge < -0.3 is 4.90 Å². The number of hydrogen-bond acceptors (Lipinski definition) is 4. The Balaban J connectivity index is 1.14. The van der Waals surface area contributed by atoms with E-state index in [1.54, 1.807) is 6.07 Å². The fourth-order valence-electron chi connectivity index (χ4n) is 6.66. The van der Waals surface area contributed by atoms with E-state index in [-0.39, 0.29) is 0 Å². The maximum atomic E-state index is 14.4. The number of benzene rings is 6. The minimum atomic E-state index is -2.13. The van der Waals surface area contributed by atoms with Gasteiger partial charge in [-0.1, -0.05) is 54.6 Å². The number of Topliss-reactive ketones (excluding diaryl/α,β-unsaturated/α-hetero) is 2. The van der Waals surface area contributed by atoms with Crippen molar-refractivity contribution in [3.63, 3.8) is 0 Å². The maximum Gasteiger partial charge on any atom is 0.200 e. The van der Waals surface area contributed by atoms with Crippen molar-refractivity contribution in [1.82, 2.24) is 0 Å². The van der Waals surface area contributed by atoms with Crippen LogP contribution in [0.1, 0.15) is 36.7 Å². The third kappa shape index (κ3) is 5.20. The van der Waals surface area contributed by atoms with Gasteiger partial charge in [-0.25, -0.2) is 17.6 Å². The lowest BCUT2D eigenvalue weighted by Crippen LogP contribution is -2.10. The molecule has 0 spiro atoms. The Morgan fingerprint density at radius 2 is 1.08 bits per heavy atom. The van der Waals surface area contributed by atoms with E-state index in [4.69, 9.17) is 0 Å². The summed E-state index contributed by atoms with van der Waals surface area (Å²) in [6.45, 7) is 4.18. The molecule has 1 aromatic heterocycles. The van der Waals surface area contributed by atoms with E-state index in [1.165, 1.54) is 17.4 Å². The standard InChI is InChI=1S/C42H25F4NO2S/c1-22-15-23(2)17-31(16-22)47(29-11-9-24-5-3-4-6-25(24)19-29)30-12-10-26-18-28(8-7-27(26)20-30)34-14-13-32(50-34)21-33-41(48)35-36(42(33)49)38(44)40(46)39(45)37(35)43/h3-21H,1-2H3. The predicted octanol–water partition coefficient (Wildman–Crippen LogP) is 11.8. The highest BCUT2D eigenvalue weighted by Gasteiger charge is 2.42. The highest BCUT2D eigenvalue weighted by molar-refractivity contribution is 7.16. The number of fused-ring (bicyclic) bond motifs is 3. The minimum absolute atomic E-state index is 0.459. The Labute approximate surface area is 288 Å². The SMILES string of the molecule is Cc1cc(C)cc(N(c2ccc3ccccc3c2)c2ccc3cc(-c4ccc(C=C5C(=O)c6c(F)c(F)c(F)c(F)c6C5=O)s4)ccc3c2)c1. The summed E-state index contributed by atoms with van der Waals surface area (Å²) in [6, 6.07) is 37.1. The zero-order valence-corrected chi connectivity index (χ0v) is 27.5. The van der Waals surface area contributed by atoms with Gasteiger partial charge in [0.2, 0.25) is 11.6 Å². The fourth-order valence-corrected chi connectivity index (χ4v) is 7.61. The van der Waals surface area contributed by atoms with Crippen LogP contribution >= 0.6 is 11.3 Å². The van der Waals surface area contributed by atoms with Gasteiger partial charge in [0.1, 0.15) is 0 Å².